The number of halogens is 3. The third kappa shape index (κ3) is 1.64. The smallest absolute Gasteiger partial charge is 0.140 e. The summed E-state index contributed by atoms with van der Waals surface area (Å²) >= 11 is 6.46. The van der Waals surface area contributed by atoms with Crippen molar-refractivity contribution in [1.29, 1.82) is 0 Å². The fourth-order valence-corrected chi connectivity index (χ4v) is 2.17. The van der Waals surface area contributed by atoms with Crippen LogP contribution < -0.4 is 0 Å². The molecule has 0 fully saturated rings. The van der Waals surface area contributed by atoms with Gasteiger partial charge in [0.1, 0.15) is 5.82 Å². The van der Waals surface area contributed by atoms with Crippen molar-refractivity contribution in [3.63, 3.8) is 0 Å². The van der Waals surface area contributed by atoms with Crippen molar-refractivity contribution < 1.29 is 4.39 Å². The van der Waals surface area contributed by atoms with Crippen molar-refractivity contribution in [2.24, 2.45) is 0 Å². The van der Waals surface area contributed by atoms with Crippen LogP contribution in [0.5, 0.6) is 0 Å². The fourth-order valence-electron chi connectivity index (χ4n) is 0.806. The molecule has 3 heteroatoms. The second-order valence-electron chi connectivity index (χ2n) is 2.40. The number of hydrogen-bond acceptors (Lipinski definition) is 0. The molecule has 11 heavy (non-hydrogen) atoms. The Labute approximate surface area is 82.1 Å². The van der Waals surface area contributed by atoms with Crippen LogP contribution in [0, 0.1) is 19.7 Å². The predicted molar refractivity (Wildman–Crippen MR) is 51.3 cm³/mol. The van der Waals surface area contributed by atoms with E-state index in [4.69, 9.17) is 0 Å². The van der Waals surface area contributed by atoms with Gasteiger partial charge in [-0.2, -0.15) is 0 Å². The van der Waals surface area contributed by atoms with Gasteiger partial charge in [0.25, 0.3) is 0 Å². The molecule has 0 atom stereocenters. The van der Waals surface area contributed by atoms with Crippen LogP contribution in [0.2, 0.25) is 0 Å². The van der Waals surface area contributed by atoms with Gasteiger partial charge in [0, 0.05) is 4.47 Å². The topological polar surface area (TPSA) is 0 Å². The summed E-state index contributed by atoms with van der Waals surface area (Å²) in [5.74, 6) is -0.175. The first-order valence-electron chi connectivity index (χ1n) is 3.14. The highest BCUT2D eigenvalue weighted by molar-refractivity contribution is 9.11. The summed E-state index contributed by atoms with van der Waals surface area (Å²) in [6.07, 6.45) is 0. The molecule has 0 amide bonds. The summed E-state index contributed by atoms with van der Waals surface area (Å²) in [4.78, 5) is 0. The molecule has 0 aliphatic carbocycles. The van der Waals surface area contributed by atoms with E-state index in [0.717, 1.165) is 10.0 Å². The van der Waals surface area contributed by atoms with Gasteiger partial charge in [-0.25, -0.2) is 4.39 Å². The number of hydrogen-bond donors (Lipinski definition) is 0. The molecule has 0 spiro atoms. The van der Waals surface area contributed by atoms with E-state index in [9.17, 15) is 4.39 Å². The van der Waals surface area contributed by atoms with Crippen LogP contribution in [0.4, 0.5) is 4.39 Å². The third-order valence-electron chi connectivity index (χ3n) is 1.71. The summed E-state index contributed by atoms with van der Waals surface area (Å²) in [5, 5.41) is 0. The Morgan fingerprint density at radius 3 is 2.18 bits per heavy atom. The van der Waals surface area contributed by atoms with Gasteiger partial charge in [0.05, 0.1) is 4.47 Å². The zero-order valence-corrected chi connectivity index (χ0v) is 9.38. The van der Waals surface area contributed by atoms with E-state index >= 15 is 0 Å². The van der Waals surface area contributed by atoms with Gasteiger partial charge in [-0.15, -0.1) is 0 Å². The minimum atomic E-state index is -0.175. The van der Waals surface area contributed by atoms with Gasteiger partial charge in [-0.3, -0.25) is 0 Å². The van der Waals surface area contributed by atoms with Crippen LogP contribution in [-0.2, 0) is 0 Å². The van der Waals surface area contributed by atoms with Gasteiger partial charge in [0.15, 0.2) is 0 Å². The first-order chi connectivity index (χ1) is 5.04. The fraction of sp³-hybridized carbons (Fsp3) is 0.250. The molecule has 1 rings (SSSR count). The van der Waals surface area contributed by atoms with Crippen molar-refractivity contribution in [3.05, 3.63) is 32.0 Å². The Kier molecular flexibility index (Phi) is 2.70. The zero-order chi connectivity index (χ0) is 8.59. The molecule has 0 nitrogen and oxygen atoms in total. The summed E-state index contributed by atoms with van der Waals surface area (Å²) in [6, 6.07) is 1.72. The average Bonchev–Trinajstić information content (AvgIpc) is 1.97. The molecular weight excluding hydrogens is 275 g/mol. The van der Waals surface area contributed by atoms with Crippen molar-refractivity contribution in [3.8, 4) is 0 Å². The van der Waals surface area contributed by atoms with Crippen LogP contribution in [0.1, 0.15) is 11.1 Å². The highest BCUT2D eigenvalue weighted by Gasteiger charge is 2.08. The highest BCUT2D eigenvalue weighted by atomic mass is 79.9. The second kappa shape index (κ2) is 3.23. The molecule has 0 heterocycles. The largest absolute Gasteiger partial charge is 0.205 e. The molecular formula is C8H7Br2F. The highest BCUT2D eigenvalue weighted by Crippen LogP contribution is 2.28. The van der Waals surface area contributed by atoms with Crippen LogP contribution in [0.25, 0.3) is 0 Å². The quantitative estimate of drug-likeness (QED) is 0.632. The van der Waals surface area contributed by atoms with E-state index in [2.05, 4.69) is 31.9 Å². The van der Waals surface area contributed by atoms with Crippen LogP contribution in [0.3, 0.4) is 0 Å². The first kappa shape index (κ1) is 9.20. The Balaban J connectivity index is 3.46. The van der Waals surface area contributed by atoms with Crippen LogP contribution in [0.15, 0.2) is 15.0 Å². The van der Waals surface area contributed by atoms with Crippen molar-refractivity contribution >= 4 is 31.9 Å². The maximum atomic E-state index is 13.1. The molecule has 1 aromatic rings. The number of benzene rings is 1. The summed E-state index contributed by atoms with van der Waals surface area (Å²) in [6.45, 7) is 3.65. The Morgan fingerprint density at radius 2 is 1.64 bits per heavy atom. The number of rotatable bonds is 0. The zero-order valence-electron chi connectivity index (χ0n) is 6.21. The lowest BCUT2D eigenvalue weighted by Gasteiger charge is -2.05. The standard InChI is InChI=1S/C8H7Br2F/c1-4-5(2)8(11)7(10)3-6(4)9/h3H,1-2H3. The minimum Gasteiger partial charge on any atom is -0.205 e. The normalized spacial score (nSPS) is 10.3. The monoisotopic (exact) mass is 280 g/mol. The Hall–Kier alpha value is 0.110. The second-order valence-corrected chi connectivity index (χ2v) is 4.11. The lowest BCUT2D eigenvalue weighted by Crippen LogP contribution is -1.89. The van der Waals surface area contributed by atoms with Crippen molar-refractivity contribution in [2.75, 3.05) is 0 Å². The van der Waals surface area contributed by atoms with E-state index in [0.29, 0.717) is 10.0 Å². The molecule has 0 aliphatic rings. The summed E-state index contributed by atoms with van der Waals surface area (Å²) in [7, 11) is 0. The van der Waals surface area contributed by atoms with Crippen LogP contribution in [-0.4, -0.2) is 0 Å². The van der Waals surface area contributed by atoms with E-state index in [1.165, 1.54) is 0 Å². The molecule has 1 aromatic carbocycles. The minimum absolute atomic E-state index is 0.175. The van der Waals surface area contributed by atoms with Gasteiger partial charge in [0.2, 0.25) is 0 Å². The molecule has 0 aliphatic heterocycles. The average molecular weight is 282 g/mol. The summed E-state index contributed by atoms with van der Waals surface area (Å²) in [5.41, 5.74) is 1.64. The predicted octanol–water partition coefficient (Wildman–Crippen LogP) is 3.97. The molecule has 0 unspecified atom stereocenters. The first-order valence-corrected chi connectivity index (χ1v) is 4.73. The molecule has 60 valence electrons. The summed E-state index contributed by atoms with van der Waals surface area (Å²) < 4.78 is 14.5. The third-order valence-corrected chi connectivity index (χ3v) is 3.11. The molecule has 0 saturated carbocycles. The van der Waals surface area contributed by atoms with Crippen molar-refractivity contribution in [2.45, 2.75) is 13.8 Å². The van der Waals surface area contributed by atoms with Crippen LogP contribution >= 0.6 is 31.9 Å². The van der Waals surface area contributed by atoms with Gasteiger partial charge in [-0.1, -0.05) is 15.9 Å². The van der Waals surface area contributed by atoms with E-state index < -0.39 is 0 Å². The van der Waals surface area contributed by atoms with Gasteiger partial charge >= 0.3 is 0 Å². The Morgan fingerprint density at radius 1 is 1.09 bits per heavy atom. The lowest BCUT2D eigenvalue weighted by molar-refractivity contribution is 0.609. The Bertz CT molecular complexity index is 268. The molecule has 0 saturated heterocycles. The van der Waals surface area contributed by atoms with Crippen molar-refractivity contribution in [1.82, 2.24) is 0 Å². The van der Waals surface area contributed by atoms with Gasteiger partial charge in [-0.05, 0) is 47.0 Å². The van der Waals surface area contributed by atoms with E-state index in [1.807, 2.05) is 6.92 Å². The molecule has 0 radical (unpaired) electrons. The molecule has 0 aromatic heterocycles. The SMILES string of the molecule is Cc1c(Br)cc(Br)c(F)c1C. The maximum absolute atomic E-state index is 13.1. The molecule has 0 bridgehead atoms. The van der Waals surface area contributed by atoms with Gasteiger partial charge < -0.3 is 0 Å². The maximum Gasteiger partial charge on any atom is 0.140 e. The molecule has 0 N–H and O–H groups in total. The van der Waals surface area contributed by atoms with E-state index in [1.54, 1.807) is 13.0 Å². The lowest BCUT2D eigenvalue weighted by atomic mass is 10.1. The van der Waals surface area contributed by atoms with E-state index in [-0.39, 0.29) is 5.82 Å².